The van der Waals surface area contributed by atoms with Crippen molar-refractivity contribution in [2.24, 2.45) is 0 Å². The molecule has 1 rings (SSSR count). The average Bonchev–Trinajstić information content (AvgIpc) is 2.57. The van der Waals surface area contributed by atoms with Gasteiger partial charge in [-0.2, -0.15) is 0 Å². The quantitative estimate of drug-likeness (QED) is 0.569. The van der Waals surface area contributed by atoms with Crippen LogP contribution in [0.1, 0.15) is 33.1 Å². The number of thiocarbonyl (C=S) groups is 1. The predicted molar refractivity (Wildman–Crippen MR) is 100 cm³/mol. The minimum Gasteiger partial charge on any atom is -0.466 e. The minimum absolute atomic E-state index is 0.00666. The maximum Gasteiger partial charge on any atom is 0.306 e. The van der Waals surface area contributed by atoms with Crippen LogP contribution in [0.25, 0.3) is 0 Å². The second-order valence-electron chi connectivity index (χ2n) is 5.35. The molecular weight excluding hydrogens is 342 g/mol. The zero-order valence-corrected chi connectivity index (χ0v) is 15.4. The lowest BCUT2D eigenvalue weighted by atomic mass is 10.2. The highest BCUT2D eigenvalue weighted by Gasteiger charge is 2.10. The van der Waals surface area contributed by atoms with Crippen molar-refractivity contribution in [2.45, 2.75) is 33.1 Å². The third-order valence-electron chi connectivity index (χ3n) is 3.26. The van der Waals surface area contributed by atoms with E-state index in [9.17, 15) is 14.4 Å². The first-order chi connectivity index (χ1) is 11.8. The summed E-state index contributed by atoms with van der Waals surface area (Å²) in [6.45, 7) is 3.73. The van der Waals surface area contributed by atoms with Crippen LogP contribution < -0.4 is 15.5 Å². The molecule has 0 aliphatic heterocycles. The van der Waals surface area contributed by atoms with Gasteiger partial charge in [-0.25, -0.2) is 0 Å². The molecule has 2 N–H and O–H groups in total. The average molecular weight is 365 g/mol. The Kier molecular flexibility index (Phi) is 8.55. The Hall–Kier alpha value is -2.48. The van der Waals surface area contributed by atoms with Gasteiger partial charge in [0.05, 0.1) is 13.0 Å². The van der Waals surface area contributed by atoms with Crippen LogP contribution in [0.5, 0.6) is 0 Å². The number of hydrogen-bond donors (Lipinski definition) is 2. The molecule has 0 unspecified atom stereocenters. The topological polar surface area (TPSA) is 87.7 Å². The second-order valence-corrected chi connectivity index (χ2v) is 5.76. The number of anilines is 2. The third kappa shape index (κ3) is 7.75. The molecule has 0 aliphatic carbocycles. The van der Waals surface area contributed by atoms with Gasteiger partial charge >= 0.3 is 5.97 Å². The standard InChI is InChI=1S/C17H23N3O4S/c1-4-11-24-16(23)10-9-15(22)19-17(25)18-13-5-7-14(8-6-13)20(3)12(2)21/h5-8H,4,9-11H2,1-3H3,(H2,18,19,22,25). The molecule has 0 fully saturated rings. The second kappa shape index (κ2) is 10.4. The van der Waals surface area contributed by atoms with Crippen molar-refractivity contribution in [3.05, 3.63) is 24.3 Å². The number of ether oxygens (including phenoxy) is 1. The first-order valence-electron chi connectivity index (χ1n) is 7.94. The summed E-state index contributed by atoms with van der Waals surface area (Å²) in [5.41, 5.74) is 1.42. The molecule has 2 amide bonds. The zero-order valence-electron chi connectivity index (χ0n) is 14.6. The van der Waals surface area contributed by atoms with Gasteiger partial charge in [-0.05, 0) is 42.9 Å². The van der Waals surface area contributed by atoms with Crippen LogP contribution in [0.3, 0.4) is 0 Å². The van der Waals surface area contributed by atoms with Crippen molar-refractivity contribution < 1.29 is 19.1 Å². The smallest absolute Gasteiger partial charge is 0.306 e. The molecule has 0 radical (unpaired) electrons. The molecule has 0 saturated carbocycles. The lowest BCUT2D eigenvalue weighted by Crippen LogP contribution is -2.34. The molecular formula is C17H23N3O4S. The Morgan fingerprint density at radius 3 is 2.36 bits per heavy atom. The van der Waals surface area contributed by atoms with Crippen LogP contribution in [0.4, 0.5) is 11.4 Å². The van der Waals surface area contributed by atoms with E-state index < -0.39 is 5.97 Å². The van der Waals surface area contributed by atoms with Gasteiger partial charge in [-0.15, -0.1) is 0 Å². The summed E-state index contributed by atoms with van der Waals surface area (Å²) < 4.78 is 4.89. The Labute approximate surface area is 152 Å². The molecule has 0 heterocycles. The molecule has 0 atom stereocenters. The first kappa shape index (κ1) is 20.6. The van der Waals surface area contributed by atoms with E-state index in [-0.39, 0.29) is 29.8 Å². The Bertz CT molecular complexity index is 631. The van der Waals surface area contributed by atoms with E-state index in [1.165, 1.54) is 11.8 Å². The summed E-state index contributed by atoms with van der Waals surface area (Å²) in [5, 5.41) is 5.51. The van der Waals surface area contributed by atoms with Crippen LogP contribution in [-0.4, -0.2) is 36.6 Å². The van der Waals surface area contributed by atoms with Gasteiger partial charge < -0.3 is 20.3 Å². The van der Waals surface area contributed by atoms with Crippen molar-refractivity contribution in [1.82, 2.24) is 5.32 Å². The third-order valence-corrected chi connectivity index (χ3v) is 3.47. The molecule has 1 aromatic rings. The van der Waals surface area contributed by atoms with Crippen molar-refractivity contribution in [1.29, 1.82) is 0 Å². The lowest BCUT2D eigenvalue weighted by Gasteiger charge is -2.16. The van der Waals surface area contributed by atoms with E-state index in [0.29, 0.717) is 12.3 Å². The van der Waals surface area contributed by atoms with Crippen molar-refractivity contribution >= 4 is 46.5 Å². The number of nitrogens with one attached hydrogen (secondary N) is 2. The minimum atomic E-state index is -0.402. The fourth-order valence-electron chi connectivity index (χ4n) is 1.81. The van der Waals surface area contributed by atoms with Gasteiger partial charge in [-0.1, -0.05) is 6.92 Å². The van der Waals surface area contributed by atoms with Crippen LogP contribution in [0, 0.1) is 0 Å². The number of nitrogens with zero attached hydrogens (tertiary/aromatic N) is 1. The maximum atomic E-state index is 11.7. The largest absolute Gasteiger partial charge is 0.466 e. The summed E-state index contributed by atoms with van der Waals surface area (Å²) in [7, 11) is 1.68. The van der Waals surface area contributed by atoms with Gasteiger partial charge in [0.2, 0.25) is 11.8 Å². The van der Waals surface area contributed by atoms with Crippen LogP contribution in [-0.2, 0) is 19.1 Å². The van der Waals surface area contributed by atoms with E-state index in [2.05, 4.69) is 10.6 Å². The van der Waals surface area contributed by atoms with E-state index in [1.807, 2.05) is 6.92 Å². The predicted octanol–water partition coefficient (Wildman–Crippen LogP) is 2.22. The number of carbonyl (C=O) groups excluding carboxylic acids is 3. The zero-order chi connectivity index (χ0) is 18.8. The number of rotatable bonds is 7. The van der Waals surface area contributed by atoms with Crippen LogP contribution >= 0.6 is 12.2 Å². The highest BCUT2D eigenvalue weighted by molar-refractivity contribution is 7.80. The number of carbonyl (C=O) groups is 3. The monoisotopic (exact) mass is 365 g/mol. The molecule has 0 bridgehead atoms. The molecule has 0 aromatic heterocycles. The number of benzene rings is 1. The van der Waals surface area contributed by atoms with Gasteiger partial charge in [0, 0.05) is 31.8 Å². The summed E-state index contributed by atoms with van der Waals surface area (Å²) in [6, 6.07) is 7.01. The summed E-state index contributed by atoms with van der Waals surface area (Å²) in [4.78, 5) is 35.9. The molecule has 1 aromatic carbocycles. The fraction of sp³-hybridized carbons (Fsp3) is 0.412. The first-order valence-corrected chi connectivity index (χ1v) is 8.35. The molecule has 0 spiro atoms. The van der Waals surface area contributed by atoms with E-state index >= 15 is 0 Å². The highest BCUT2D eigenvalue weighted by atomic mass is 32.1. The van der Waals surface area contributed by atoms with Crippen molar-refractivity contribution in [2.75, 3.05) is 23.9 Å². The molecule has 25 heavy (non-hydrogen) atoms. The Morgan fingerprint density at radius 2 is 1.80 bits per heavy atom. The molecule has 0 saturated heterocycles. The molecule has 8 heteroatoms. The SMILES string of the molecule is CCCOC(=O)CCC(=O)NC(=S)Nc1ccc(N(C)C(C)=O)cc1. The summed E-state index contributed by atoms with van der Waals surface area (Å²) in [5.74, 6) is -0.833. The van der Waals surface area contributed by atoms with Crippen LogP contribution in [0.2, 0.25) is 0 Å². The summed E-state index contributed by atoms with van der Waals surface area (Å²) in [6.07, 6.45) is 0.764. The van der Waals surface area contributed by atoms with Crippen LogP contribution in [0.15, 0.2) is 24.3 Å². The summed E-state index contributed by atoms with van der Waals surface area (Å²) >= 11 is 5.06. The number of amides is 2. The molecule has 0 aliphatic rings. The lowest BCUT2D eigenvalue weighted by molar-refractivity contribution is -0.144. The van der Waals surface area contributed by atoms with Gasteiger partial charge in [0.25, 0.3) is 0 Å². The van der Waals surface area contributed by atoms with E-state index in [1.54, 1.807) is 31.3 Å². The molecule has 7 nitrogen and oxygen atoms in total. The van der Waals surface area contributed by atoms with Crippen molar-refractivity contribution in [3.8, 4) is 0 Å². The van der Waals surface area contributed by atoms with Gasteiger partial charge in [-0.3, -0.25) is 14.4 Å². The Morgan fingerprint density at radius 1 is 1.16 bits per heavy atom. The van der Waals surface area contributed by atoms with E-state index in [4.69, 9.17) is 17.0 Å². The highest BCUT2D eigenvalue weighted by Crippen LogP contribution is 2.16. The van der Waals surface area contributed by atoms with Crippen molar-refractivity contribution in [3.63, 3.8) is 0 Å². The number of hydrogen-bond acceptors (Lipinski definition) is 5. The van der Waals surface area contributed by atoms with Gasteiger partial charge in [0.1, 0.15) is 0 Å². The maximum absolute atomic E-state index is 11.7. The number of esters is 1. The van der Waals surface area contributed by atoms with E-state index in [0.717, 1.165) is 12.1 Å². The fourth-order valence-corrected chi connectivity index (χ4v) is 2.04. The van der Waals surface area contributed by atoms with Gasteiger partial charge in [0.15, 0.2) is 5.11 Å². The molecule has 136 valence electrons. The Balaban J connectivity index is 2.42. The normalized spacial score (nSPS) is 9.88.